The van der Waals surface area contributed by atoms with E-state index in [1.165, 1.54) is 12.8 Å². The van der Waals surface area contributed by atoms with Crippen LogP contribution in [0.5, 0.6) is 0 Å². The second kappa shape index (κ2) is 2.50. The molecule has 0 aromatic carbocycles. The predicted octanol–water partition coefficient (Wildman–Crippen LogP) is 2.81. The quantitative estimate of drug-likeness (QED) is 0.706. The summed E-state index contributed by atoms with van der Waals surface area (Å²) in [5.41, 5.74) is 0.992. The molecule has 1 atom stereocenters. The van der Waals surface area contributed by atoms with E-state index in [1.54, 1.807) is 0 Å². The van der Waals surface area contributed by atoms with E-state index in [0.29, 0.717) is 10.8 Å². The summed E-state index contributed by atoms with van der Waals surface area (Å²) < 4.78 is 0. The third-order valence-electron chi connectivity index (χ3n) is 4.78. The molecule has 2 aliphatic rings. The average Bonchev–Trinajstić information content (AvgIpc) is 2.86. The van der Waals surface area contributed by atoms with Crippen molar-refractivity contribution < 1.29 is 0 Å². The monoisotopic (exact) mass is 181 g/mol. The van der Waals surface area contributed by atoms with Crippen molar-refractivity contribution >= 4 is 0 Å². The molecule has 1 unspecified atom stereocenters. The zero-order chi connectivity index (χ0) is 9.85. The van der Waals surface area contributed by atoms with Gasteiger partial charge in [0.15, 0.2) is 0 Å². The topological polar surface area (TPSA) is 12.0 Å². The molecule has 2 aliphatic carbocycles. The van der Waals surface area contributed by atoms with Gasteiger partial charge >= 0.3 is 0 Å². The van der Waals surface area contributed by atoms with Gasteiger partial charge in [0.25, 0.3) is 0 Å². The Kier molecular flexibility index (Phi) is 1.83. The fourth-order valence-electron chi connectivity index (χ4n) is 2.61. The normalized spacial score (nSPS) is 33.0. The van der Waals surface area contributed by atoms with Gasteiger partial charge in [-0.25, -0.2) is 0 Å². The van der Waals surface area contributed by atoms with E-state index < -0.39 is 0 Å². The van der Waals surface area contributed by atoms with Crippen molar-refractivity contribution in [3.05, 3.63) is 0 Å². The van der Waals surface area contributed by atoms with E-state index in [9.17, 15) is 0 Å². The molecule has 2 saturated carbocycles. The van der Waals surface area contributed by atoms with Gasteiger partial charge in [0, 0.05) is 12.1 Å². The summed E-state index contributed by atoms with van der Waals surface area (Å²) in [4.78, 5) is 0. The van der Waals surface area contributed by atoms with Gasteiger partial charge in [0.2, 0.25) is 0 Å². The molecule has 0 aliphatic heterocycles. The summed E-state index contributed by atoms with van der Waals surface area (Å²) in [7, 11) is 0. The fourth-order valence-corrected chi connectivity index (χ4v) is 2.61. The van der Waals surface area contributed by atoms with Crippen LogP contribution in [0.3, 0.4) is 0 Å². The molecule has 0 aromatic heterocycles. The van der Waals surface area contributed by atoms with Crippen molar-refractivity contribution in [3.8, 4) is 0 Å². The molecule has 1 heteroatoms. The van der Waals surface area contributed by atoms with Gasteiger partial charge in [-0.2, -0.15) is 0 Å². The van der Waals surface area contributed by atoms with Gasteiger partial charge in [-0.1, -0.05) is 27.7 Å². The zero-order valence-electron chi connectivity index (χ0n) is 9.65. The van der Waals surface area contributed by atoms with Crippen LogP contribution in [0.2, 0.25) is 0 Å². The number of rotatable bonds is 3. The minimum Gasteiger partial charge on any atom is -0.310 e. The first-order chi connectivity index (χ1) is 5.87. The fraction of sp³-hybridized carbons (Fsp3) is 1.00. The third-order valence-corrected chi connectivity index (χ3v) is 4.78. The summed E-state index contributed by atoms with van der Waals surface area (Å²) in [6, 6.07) is 1.47. The van der Waals surface area contributed by atoms with Crippen LogP contribution < -0.4 is 5.32 Å². The van der Waals surface area contributed by atoms with Crippen LogP contribution in [0, 0.1) is 16.7 Å². The largest absolute Gasteiger partial charge is 0.310 e. The molecule has 2 rings (SSSR count). The predicted molar refractivity (Wildman–Crippen MR) is 56.7 cm³/mol. The van der Waals surface area contributed by atoms with Crippen LogP contribution in [0.4, 0.5) is 0 Å². The smallest absolute Gasteiger partial charge is 0.0183 e. The Balaban J connectivity index is 1.90. The Labute approximate surface area is 82.3 Å². The molecule has 0 radical (unpaired) electrons. The maximum absolute atomic E-state index is 3.80. The Bertz CT molecular complexity index is 199. The van der Waals surface area contributed by atoms with Crippen LogP contribution in [0.1, 0.15) is 47.5 Å². The lowest BCUT2D eigenvalue weighted by Crippen LogP contribution is -2.33. The number of nitrogens with one attached hydrogen (secondary N) is 1. The van der Waals surface area contributed by atoms with Gasteiger partial charge in [0.05, 0.1) is 0 Å². The van der Waals surface area contributed by atoms with Crippen molar-refractivity contribution in [2.75, 3.05) is 0 Å². The van der Waals surface area contributed by atoms with E-state index in [1.807, 2.05) is 0 Å². The van der Waals surface area contributed by atoms with Crippen LogP contribution in [0.15, 0.2) is 0 Å². The highest BCUT2D eigenvalue weighted by molar-refractivity contribution is 5.18. The summed E-state index contributed by atoms with van der Waals surface area (Å²) in [6.45, 7) is 11.9. The van der Waals surface area contributed by atoms with E-state index >= 15 is 0 Å². The van der Waals surface area contributed by atoms with Crippen molar-refractivity contribution in [3.63, 3.8) is 0 Å². The van der Waals surface area contributed by atoms with Gasteiger partial charge in [-0.3, -0.25) is 0 Å². The van der Waals surface area contributed by atoms with Gasteiger partial charge in [-0.15, -0.1) is 0 Å². The first-order valence-electron chi connectivity index (χ1n) is 5.63. The SMILES string of the molecule is CC(NC1C(C)(C)C1(C)C)C1CC1. The Hall–Kier alpha value is -0.0400. The molecule has 0 aromatic rings. The van der Waals surface area contributed by atoms with Gasteiger partial charge < -0.3 is 5.32 Å². The summed E-state index contributed by atoms with van der Waals surface area (Å²) >= 11 is 0. The van der Waals surface area contributed by atoms with E-state index in [2.05, 4.69) is 39.9 Å². The Morgan fingerprint density at radius 2 is 1.54 bits per heavy atom. The van der Waals surface area contributed by atoms with Crippen molar-refractivity contribution in [2.45, 2.75) is 59.5 Å². The highest BCUT2D eigenvalue weighted by atomic mass is 15.1. The molecule has 2 fully saturated rings. The highest BCUT2D eigenvalue weighted by Crippen LogP contribution is 2.63. The molecule has 13 heavy (non-hydrogen) atoms. The molecule has 0 heterocycles. The van der Waals surface area contributed by atoms with Crippen LogP contribution in [-0.4, -0.2) is 12.1 Å². The lowest BCUT2D eigenvalue weighted by atomic mass is 10.0. The van der Waals surface area contributed by atoms with Crippen molar-refractivity contribution in [1.82, 2.24) is 5.32 Å². The summed E-state index contributed by atoms with van der Waals surface area (Å²) in [6.07, 6.45) is 2.89. The maximum Gasteiger partial charge on any atom is 0.0183 e. The third kappa shape index (κ3) is 1.32. The maximum atomic E-state index is 3.80. The second-order valence-corrected chi connectivity index (χ2v) is 6.17. The van der Waals surface area contributed by atoms with E-state index in [0.717, 1.165) is 18.0 Å². The molecule has 1 nitrogen and oxygen atoms in total. The van der Waals surface area contributed by atoms with Gasteiger partial charge in [0.1, 0.15) is 0 Å². The zero-order valence-corrected chi connectivity index (χ0v) is 9.65. The molecular weight excluding hydrogens is 158 g/mol. The van der Waals surface area contributed by atoms with E-state index in [-0.39, 0.29) is 0 Å². The van der Waals surface area contributed by atoms with E-state index in [4.69, 9.17) is 0 Å². The van der Waals surface area contributed by atoms with Crippen LogP contribution in [-0.2, 0) is 0 Å². The second-order valence-electron chi connectivity index (χ2n) is 6.17. The Morgan fingerprint density at radius 1 is 1.08 bits per heavy atom. The molecule has 1 N–H and O–H groups in total. The van der Waals surface area contributed by atoms with Crippen molar-refractivity contribution in [1.29, 1.82) is 0 Å². The molecular formula is C12H23N. The van der Waals surface area contributed by atoms with Crippen molar-refractivity contribution in [2.24, 2.45) is 16.7 Å². The lowest BCUT2D eigenvalue weighted by molar-refractivity contribution is 0.447. The summed E-state index contributed by atoms with van der Waals surface area (Å²) in [5, 5.41) is 3.80. The lowest BCUT2D eigenvalue weighted by Gasteiger charge is -2.14. The molecule has 0 bridgehead atoms. The average molecular weight is 181 g/mol. The molecule has 76 valence electrons. The standard InChI is InChI=1S/C12H23N/c1-8(9-6-7-9)13-10-11(2,3)12(10,4)5/h8-10,13H,6-7H2,1-5H3. The molecule has 0 amide bonds. The molecule has 0 saturated heterocycles. The number of hydrogen-bond donors (Lipinski definition) is 1. The molecule has 0 spiro atoms. The first-order valence-corrected chi connectivity index (χ1v) is 5.63. The minimum absolute atomic E-state index is 0.496. The number of hydrogen-bond acceptors (Lipinski definition) is 1. The van der Waals surface area contributed by atoms with Gasteiger partial charge in [-0.05, 0) is 36.5 Å². The van der Waals surface area contributed by atoms with Crippen LogP contribution >= 0.6 is 0 Å². The minimum atomic E-state index is 0.496. The highest BCUT2D eigenvalue weighted by Gasteiger charge is 2.65. The Morgan fingerprint density at radius 3 is 1.85 bits per heavy atom. The van der Waals surface area contributed by atoms with Crippen LogP contribution in [0.25, 0.3) is 0 Å². The summed E-state index contributed by atoms with van der Waals surface area (Å²) in [5.74, 6) is 0.979. The first kappa shape index (κ1) is 9.51.